The molecule has 0 fully saturated rings. The van der Waals surface area contributed by atoms with E-state index in [9.17, 15) is 0 Å². The quantitative estimate of drug-likeness (QED) is 0.643. The van der Waals surface area contributed by atoms with Crippen LogP contribution in [0.4, 0.5) is 0 Å². The second-order valence-electron chi connectivity index (χ2n) is 5.57. The summed E-state index contributed by atoms with van der Waals surface area (Å²) in [4.78, 5) is 0. The first-order valence-electron chi connectivity index (χ1n) is 6.54. The molecule has 90 valence electrons. The maximum absolute atomic E-state index is 2.33. The fourth-order valence-electron chi connectivity index (χ4n) is 2.51. The number of rotatable bonds is 2. The summed E-state index contributed by atoms with van der Waals surface area (Å²) in [7, 11) is 0. The first kappa shape index (κ1) is 12.2. The molecule has 0 saturated carbocycles. The van der Waals surface area contributed by atoms with Gasteiger partial charge < -0.3 is 0 Å². The average Bonchev–Trinajstić information content (AvgIpc) is 2.28. The number of fused-ring (bicyclic) bond motifs is 1. The zero-order chi connectivity index (χ0) is 12.6. The van der Waals surface area contributed by atoms with Crippen LogP contribution in [0, 0.1) is 6.92 Å². The van der Waals surface area contributed by atoms with Gasteiger partial charge in [-0.25, -0.2) is 0 Å². The van der Waals surface area contributed by atoms with Crippen LogP contribution in [-0.4, -0.2) is 0 Å². The third-order valence-electron chi connectivity index (χ3n) is 3.64. The first-order chi connectivity index (χ1) is 8.00. The molecule has 0 aliphatic rings. The van der Waals surface area contributed by atoms with E-state index in [0.29, 0.717) is 11.8 Å². The van der Waals surface area contributed by atoms with Gasteiger partial charge in [-0.3, -0.25) is 0 Å². The Morgan fingerprint density at radius 3 is 2.12 bits per heavy atom. The second kappa shape index (κ2) is 4.52. The molecule has 0 spiro atoms. The topological polar surface area (TPSA) is 0 Å². The molecule has 0 heteroatoms. The molecule has 0 nitrogen and oxygen atoms in total. The lowest BCUT2D eigenvalue weighted by molar-refractivity contribution is 0.858. The lowest BCUT2D eigenvalue weighted by Gasteiger charge is -2.14. The highest BCUT2D eigenvalue weighted by Gasteiger charge is 2.08. The average molecular weight is 226 g/mol. The SMILES string of the molecule is Cc1c(C(C)C)ccc2cc(C(C)C)ccc12. The lowest BCUT2D eigenvalue weighted by Crippen LogP contribution is -1.94. The minimum atomic E-state index is 0.601. The Balaban J connectivity index is 2.64. The molecule has 0 unspecified atom stereocenters. The fourth-order valence-corrected chi connectivity index (χ4v) is 2.51. The first-order valence-corrected chi connectivity index (χ1v) is 6.54. The van der Waals surface area contributed by atoms with Crippen molar-refractivity contribution in [3.63, 3.8) is 0 Å². The maximum atomic E-state index is 2.33. The summed E-state index contributed by atoms with van der Waals surface area (Å²) in [5, 5.41) is 2.78. The predicted octanol–water partition coefficient (Wildman–Crippen LogP) is 5.40. The van der Waals surface area contributed by atoms with Crippen LogP contribution in [0.3, 0.4) is 0 Å². The maximum Gasteiger partial charge on any atom is -0.0152 e. The van der Waals surface area contributed by atoms with E-state index in [1.165, 1.54) is 27.5 Å². The van der Waals surface area contributed by atoms with Crippen molar-refractivity contribution in [2.45, 2.75) is 46.5 Å². The van der Waals surface area contributed by atoms with Gasteiger partial charge in [0.1, 0.15) is 0 Å². The molecule has 2 aromatic rings. The van der Waals surface area contributed by atoms with Crippen molar-refractivity contribution in [1.29, 1.82) is 0 Å². The summed E-state index contributed by atoms with van der Waals surface area (Å²) in [6, 6.07) is 11.4. The Labute approximate surface area is 105 Å². The zero-order valence-corrected chi connectivity index (χ0v) is 11.5. The Morgan fingerprint density at radius 1 is 0.824 bits per heavy atom. The molecular formula is C17H22. The van der Waals surface area contributed by atoms with Gasteiger partial charge >= 0.3 is 0 Å². The standard InChI is InChI=1S/C17H22/c1-11(2)14-6-9-17-13(5)16(12(3)4)8-7-15(17)10-14/h6-12H,1-5H3. The zero-order valence-electron chi connectivity index (χ0n) is 11.5. The molecule has 2 aromatic carbocycles. The molecule has 0 aromatic heterocycles. The van der Waals surface area contributed by atoms with Gasteiger partial charge in [0, 0.05) is 0 Å². The highest BCUT2D eigenvalue weighted by molar-refractivity contribution is 5.87. The van der Waals surface area contributed by atoms with E-state index in [1.807, 2.05) is 0 Å². The Kier molecular flexibility index (Phi) is 3.24. The number of benzene rings is 2. The van der Waals surface area contributed by atoms with Crippen LogP contribution in [0.25, 0.3) is 10.8 Å². The molecule has 0 amide bonds. The molecular weight excluding hydrogens is 204 g/mol. The highest BCUT2D eigenvalue weighted by atomic mass is 14.1. The second-order valence-corrected chi connectivity index (χ2v) is 5.57. The van der Waals surface area contributed by atoms with Gasteiger partial charge in [-0.1, -0.05) is 58.0 Å². The summed E-state index contributed by atoms with van der Waals surface area (Å²) in [6.07, 6.45) is 0. The van der Waals surface area contributed by atoms with Gasteiger partial charge in [0.05, 0.1) is 0 Å². The smallest absolute Gasteiger partial charge is 0.0152 e. The van der Waals surface area contributed by atoms with Gasteiger partial charge in [-0.15, -0.1) is 0 Å². The van der Waals surface area contributed by atoms with Crippen molar-refractivity contribution in [1.82, 2.24) is 0 Å². The van der Waals surface area contributed by atoms with Gasteiger partial charge in [0.2, 0.25) is 0 Å². The molecule has 0 aliphatic heterocycles. The van der Waals surface area contributed by atoms with Crippen molar-refractivity contribution < 1.29 is 0 Å². The van der Waals surface area contributed by atoms with Crippen LogP contribution in [0.2, 0.25) is 0 Å². The van der Waals surface area contributed by atoms with E-state index in [1.54, 1.807) is 0 Å². The monoisotopic (exact) mass is 226 g/mol. The van der Waals surface area contributed by atoms with E-state index in [2.05, 4.69) is 65.0 Å². The van der Waals surface area contributed by atoms with Crippen LogP contribution in [0.1, 0.15) is 56.2 Å². The molecule has 0 heterocycles. The highest BCUT2D eigenvalue weighted by Crippen LogP contribution is 2.29. The van der Waals surface area contributed by atoms with Crippen molar-refractivity contribution in [3.8, 4) is 0 Å². The van der Waals surface area contributed by atoms with Crippen LogP contribution < -0.4 is 0 Å². The van der Waals surface area contributed by atoms with Gasteiger partial charge in [-0.2, -0.15) is 0 Å². The predicted molar refractivity (Wildman–Crippen MR) is 76.9 cm³/mol. The summed E-state index contributed by atoms with van der Waals surface area (Å²) < 4.78 is 0. The van der Waals surface area contributed by atoms with E-state index in [4.69, 9.17) is 0 Å². The Bertz CT molecular complexity index is 533. The molecule has 0 radical (unpaired) electrons. The van der Waals surface area contributed by atoms with Crippen molar-refractivity contribution in [2.24, 2.45) is 0 Å². The normalized spacial score (nSPS) is 11.7. The van der Waals surface area contributed by atoms with Gasteiger partial charge in [-0.05, 0) is 46.2 Å². The third-order valence-corrected chi connectivity index (χ3v) is 3.64. The van der Waals surface area contributed by atoms with E-state index < -0.39 is 0 Å². The minimum Gasteiger partial charge on any atom is -0.0587 e. The lowest BCUT2D eigenvalue weighted by atomic mass is 9.91. The van der Waals surface area contributed by atoms with E-state index in [-0.39, 0.29) is 0 Å². The van der Waals surface area contributed by atoms with E-state index in [0.717, 1.165) is 0 Å². The van der Waals surface area contributed by atoms with Gasteiger partial charge in [0.25, 0.3) is 0 Å². The summed E-state index contributed by atoms with van der Waals surface area (Å²) in [5.74, 6) is 1.20. The summed E-state index contributed by atoms with van der Waals surface area (Å²) in [6.45, 7) is 11.3. The van der Waals surface area contributed by atoms with Crippen LogP contribution in [0.15, 0.2) is 30.3 Å². The third kappa shape index (κ3) is 2.22. The molecule has 0 bridgehead atoms. The molecule has 0 saturated heterocycles. The molecule has 0 aliphatic carbocycles. The van der Waals surface area contributed by atoms with Crippen LogP contribution >= 0.6 is 0 Å². The molecule has 0 atom stereocenters. The van der Waals surface area contributed by atoms with Crippen LogP contribution in [0.5, 0.6) is 0 Å². The number of hydrogen-bond acceptors (Lipinski definition) is 0. The Hall–Kier alpha value is -1.30. The van der Waals surface area contributed by atoms with Crippen molar-refractivity contribution in [2.75, 3.05) is 0 Å². The fraction of sp³-hybridized carbons (Fsp3) is 0.412. The Morgan fingerprint density at radius 2 is 1.53 bits per heavy atom. The summed E-state index contributed by atoms with van der Waals surface area (Å²) >= 11 is 0. The van der Waals surface area contributed by atoms with E-state index >= 15 is 0 Å². The van der Waals surface area contributed by atoms with Crippen molar-refractivity contribution >= 4 is 10.8 Å². The molecule has 2 rings (SSSR count). The minimum absolute atomic E-state index is 0.601. The summed E-state index contributed by atoms with van der Waals surface area (Å²) in [5.41, 5.74) is 4.33. The number of aryl methyl sites for hydroxylation is 1. The van der Waals surface area contributed by atoms with Gasteiger partial charge in [0.15, 0.2) is 0 Å². The number of hydrogen-bond donors (Lipinski definition) is 0. The molecule has 17 heavy (non-hydrogen) atoms. The molecule has 0 N–H and O–H groups in total. The largest absolute Gasteiger partial charge is 0.0587 e. The van der Waals surface area contributed by atoms with Crippen LogP contribution in [-0.2, 0) is 0 Å². The van der Waals surface area contributed by atoms with Crippen molar-refractivity contribution in [3.05, 3.63) is 47.0 Å².